The van der Waals surface area contributed by atoms with Gasteiger partial charge in [0.2, 0.25) is 0 Å². The second-order valence-electron chi connectivity index (χ2n) is 10.7. The standard InChI is InChI=1S/C16H30O18P4/c1-14(2)7-4-5-15(14,3)16(6-7)29-8-9(30-16)11(32-36(20,21)22)13(34-38(26,27)28)12(33-37(23,24)25)10(8)31-35(17,18)19/h7-13H,4-6H2,1-3H3,(H2,17,18,19)(H2,20,21,22)(H2,23,24,25)(H2,26,27,28)/t7?,8?,9?,10-,11-,12+,13+,15?,16?/m1/s1. The van der Waals surface area contributed by atoms with Crippen LogP contribution in [-0.2, 0) is 45.8 Å². The minimum Gasteiger partial charge on any atom is -0.340 e. The van der Waals surface area contributed by atoms with Crippen molar-refractivity contribution >= 4 is 31.3 Å². The summed E-state index contributed by atoms with van der Waals surface area (Å²) in [5, 5.41) is 0. The smallest absolute Gasteiger partial charge is 0.340 e. The average molecular weight is 634 g/mol. The maximum absolute atomic E-state index is 11.9. The normalized spacial score (nSPS) is 43.1. The molecule has 0 aromatic heterocycles. The maximum Gasteiger partial charge on any atom is 0.470 e. The highest BCUT2D eigenvalue weighted by molar-refractivity contribution is 7.47. The van der Waals surface area contributed by atoms with Crippen molar-refractivity contribution in [2.75, 3.05) is 0 Å². The molecule has 1 saturated heterocycles. The first-order valence-corrected chi connectivity index (χ1v) is 17.3. The monoisotopic (exact) mass is 634 g/mol. The number of rotatable bonds is 8. The fourth-order valence-electron chi connectivity index (χ4n) is 6.51. The SMILES string of the molecule is CC1(C)C2CCC1(C)C1(C2)OC2C(O1)[C@@H](OP(=O)(O)O)[C@H](OP(=O)(O)O)[C@@H](OP(=O)(O)O)[C@@H]2OP(=O)(O)O. The van der Waals surface area contributed by atoms with Crippen molar-refractivity contribution in [2.24, 2.45) is 16.7 Å². The molecule has 1 aliphatic heterocycles. The van der Waals surface area contributed by atoms with E-state index < -0.39 is 84.5 Å². The van der Waals surface area contributed by atoms with E-state index in [1.165, 1.54) is 0 Å². The van der Waals surface area contributed by atoms with Crippen LogP contribution in [0.1, 0.15) is 40.0 Å². The van der Waals surface area contributed by atoms with E-state index in [0.717, 1.165) is 6.42 Å². The quantitative estimate of drug-likeness (QED) is 0.166. The number of hydrogen-bond donors (Lipinski definition) is 8. The number of ether oxygens (including phenoxy) is 2. The molecule has 0 aromatic carbocycles. The van der Waals surface area contributed by atoms with Gasteiger partial charge in [-0.25, -0.2) is 18.3 Å². The van der Waals surface area contributed by atoms with Crippen LogP contribution in [0.3, 0.4) is 0 Å². The molecule has 2 bridgehead atoms. The van der Waals surface area contributed by atoms with Crippen molar-refractivity contribution in [2.45, 2.75) is 82.4 Å². The summed E-state index contributed by atoms with van der Waals surface area (Å²) in [6.45, 7) is 5.71. The Kier molecular flexibility index (Phi) is 7.77. The summed E-state index contributed by atoms with van der Waals surface area (Å²) in [6.07, 6.45) is -11.4. The van der Waals surface area contributed by atoms with Gasteiger partial charge in [-0.2, -0.15) is 0 Å². The lowest BCUT2D eigenvalue weighted by Crippen LogP contribution is -2.64. The Bertz CT molecular complexity index is 1070. The Balaban J connectivity index is 1.88. The Labute approximate surface area is 215 Å². The molecule has 3 aliphatic carbocycles. The zero-order chi connectivity index (χ0) is 28.9. The van der Waals surface area contributed by atoms with E-state index in [-0.39, 0.29) is 12.3 Å². The van der Waals surface area contributed by atoms with Gasteiger partial charge in [0, 0.05) is 11.8 Å². The van der Waals surface area contributed by atoms with Gasteiger partial charge in [-0.05, 0) is 24.2 Å². The molecular formula is C16H30O18P4. The molecule has 222 valence electrons. The molecule has 4 rings (SSSR count). The molecule has 3 saturated carbocycles. The minimum absolute atomic E-state index is 0.0132. The Morgan fingerprint density at radius 3 is 1.24 bits per heavy atom. The van der Waals surface area contributed by atoms with Gasteiger partial charge in [0.1, 0.15) is 36.6 Å². The first-order chi connectivity index (χ1) is 16.9. The molecule has 0 aromatic rings. The van der Waals surface area contributed by atoms with E-state index in [4.69, 9.17) is 18.5 Å². The lowest BCUT2D eigenvalue weighted by molar-refractivity contribution is -0.256. The number of phosphoric ester groups is 4. The fourth-order valence-corrected chi connectivity index (χ4v) is 8.74. The molecule has 0 amide bonds. The number of fused-ring (bicyclic) bond motifs is 4. The van der Waals surface area contributed by atoms with Crippen LogP contribution in [0, 0.1) is 16.7 Å². The summed E-state index contributed by atoms with van der Waals surface area (Å²) >= 11 is 0. The molecule has 8 N–H and O–H groups in total. The molecule has 1 spiro atoms. The van der Waals surface area contributed by atoms with Gasteiger partial charge < -0.3 is 48.6 Å². The second-order valence-corrected chi connectivity index (χ2v) is 15.4. The van der Waals surface area contributed by atoms with Gasteiger partial charge in [0.15, 0.2) is 5.79 Å². The third kappa shape index (κ3) is 5.69. The summed E-state index contributed by atoms with van der Waals surface area (Å²) in [5.41, 5.74) is -1.22. The van der Waals surface area contributed by atoms with Crippen molar-refractivity contribution in [1.29, 1.82) is 0 Å². The summed E-state index contributed by atoms with van der Waals surface area (Å²) in [6, 6.07) is 0. The first-order valence-electron chi connectivity index (χ1n) is 11.2. The van der Waals surface area contributed by atoms with Gasteiger partial charge in [-0.3, -0.25) is 18.1 Å². The molecule has 18 nitrogen and oxygen atoms in total. The van der Waals surface area contributed by atoms with Crippen molar-refractivity contribution in [3.8, 4) is 0 Å². The second kappa shape index (κ2) is 9.43. The Hall–Kier alpha value is 0.360. The van der Waals surface area contributed by atoms with Crippen LogP contribution in [0.25, 0.3) is 0 Å². The summed E-state index contributed by atoms with van der Waals surface area (Å²) < 4.78 is 78.5. The average Bonchev–Trinajstić information content (AvgIpc) is 3.21. The molecular weight excluding hydrogens is 604 g/mol. The molecule has 1 heterocycles. The molecule has 0 radical (unpaired) electrons. The molecule has 22 heteroatoms. The van der Waals surface area contributed by atoms with Crippen LogP contribution in [0.2, 0.25) is 0 Å². The van der Waals surface area contributed by atoms with Gasteiger partial charge in [0.05, 0.1) is 0 Å². The molecule has 4 fully saturated rings. The molecule has 38 heavy (non-hydrogen) atoms. The van der Waals surface area contributed by atoms with Crippen LogP contribution in [-0.4, -0.2) is 81.6 Å². The van der Waals surface area contributed by atoms with E-state index in [9.17, 15) is 57.4 Å². The summed E-state index contributed by atoms with van der Waals surface area (Å²) in [7, 11) is -22.4. The van der Waals surface area contributed by atoms with Crippen LogP contribution in [0.15, 0.2) is 0 Å². The number of phosphoric acid groups is 4. The van der Waals surface area contributed by atoms with Crippen molar-refractivity contribution in [1.82, 2.24) is 0 Å². The van der Waals surface area contributed by atoms with Crippen molar-refractivity contribution in [3.05, 3.63) is 0 Å². The summed E-state index contributed by atoms with van der Waals surface area (Å²) in [5.74, 6) is -1.55. The van der Waals surface area contributed by atoms with E-state index in [1.54, 1.807) is 0 Å². The van der Waals surface area contributed by atoms with Crippen LogP contribution >= 0.6 is 31.3 Å². The predicted molar refractivity (Wildman–Crippen MR) is 119 cm³/mol. The first kappa shape index (κ1) is 31.3. The Morgan fingerprint density at radius 1 is 0.632 bits per heavy atom. The zero-order valence-electron chi connectivity index (χ0n) is 20.1. The van der Waals surface area contributed by atoms with E-state index in [1.807, 2.05) is 20.8 Å². The highest BCUT2D eigenvalue weighted by Crippen LogP contribution is 2.73. The lowest BCUT2D eigenvalue weighted by Gasteiger charge is -2.45. The Morgan fingerprint density at radius 2 is 0.974 bits per heavy atom. The van der Waals surface area contributed by atoms with Gasteiger partial charge in [0.25, 0.3) is 0 Å². The van der Waals surface area contributed by atoms with E-state index in [0.29, 0.717) is 6.42 Å². The van der Waals surface area contributed by atoms with Crippen molar-refractivity contribution < 1.29 is 85.0 Å². The van der Waals surface area contributed by atoms with Gasteiger partial charge in [-0.15, -0.1) is 0 Å². The molecule has 4 aliphatic rings. The minimum atomic E-state index is -5.64. The van der Waals surface area contributed by atoms with Crippen molar-refractivity contribution in [3.63, 3.8) is 0 Å². The molecule has 8 atom stereocenters. The van der Waals surface area contributed by atoms with E-state index in [2.05, 4.69) is 9.05 Å². The maximum atomic E-state index is 11.9. The van der Waals surface area contributed by atoms with Crippen LogP contribution in [0.4, 0.5) is 0 Å². The number of hydrogen-bond acceptors (Lipinski definition) is 10. The highest BCUT2D eigenvalue weighted by atomic mass is 31.2. The van der Waals surface area contributed by atoms with Gasteiger partial charge in [-0.1, -0.05) is 20.8 Å². The van der Waals surface area contributed by atoms with Gasteiger partial charge >= 0.3 is 31.3 Å². The highest BCUT2D eigenvalue weighted by Gasteiger charge is 2.77. The largest absolute Gasteiger partial charge is 0.470 e. The molecule has 4 unspecified atom stereocenters. The predicted octanol–water partition coefficient (Wildman–Crippen LogP) is 0.238. The zero-order valence-corrected chi connectivity index (χ0v) is 23.7. The van der Waals surface area contributed by atoms with Crippen LogP contribution < -0.4 is 0 Å². The lowest BCUT2D eigenvalue weighted by atomic mass is 9.68. The van der Waals surface area contributed by atoms with Crippen LogP contribution in [0.5, 0.6) is 0 Å². The third-order valence-corrected chi connectivity index (χ3v) is 10.5. The van der Waals surface area contributed by atoms with E-state index >= 15 is 0 Å². The third-order valence-electron chi connectivity index (χ3n) is 8.42. The fraction of sp³-hybridized carbons (Fsp3) is 1.00. The topological polar surface area (TPSA) is 285 Å². The summed E-state index contributed by atoms with van der Waals surface area (Å²) in [4.78, 5) is 76.2.